The van der Waals surface area contributed by atoms with Crippen LogP contribution in [0.3, 0.4) is 0 Å². The average Bonchev–Trinajstić information content (AvgIpc) is 1.50. The standard InChI is InChI=1S/Bi.H2OSi.O.H/c;1-2;;/h;2H2;;. The first kappa shape index (κ1) is 8.83. The molecule has 0 unspecified atom stereocenters. The third-order valence-corrected chi connectivity index (χ3v) is 0. The molecule has 0 radical (unpaired) electrons. The van der Waals surface area contributed by atoms with Gasteiger partial charge in [-0.05, 0) is 0 Å². The summed E-state index contributed by atoms with van der Waals surface area (Å²) in [7, 11) is 0.611. The van der Waals surface area contributed by atoms with Gasteiger partial charge in [0, 0.05) is 0 Å². The van der Waals surface area contributed by atoms with Crippen LogP contribution >= 0.6 is 0 Å². The molecule has 0 N–H and O–H groups in total. The second kappa shape index (κ2) is 55.0. The van der Waals surface area contributed by atoms with Crippen molar-refractivity contribution in [2.75, 3.05) is 0 Å². The molecule has 0 aromatic rings. The molecule has 0 saturated carbocycles. The van der Waals surface area contributed by atoms with E-state index in [4.69, 9.17) is 7.27 Å². The van der Waals surface area contributed by atoms with Crippen LogP contribution in [0.4, 0.5) is 0 Å². The van der Waals surface area contributed by atoms with Crippen molar-refractivity contribution >= 4 is 34.9 Å². The third-order valence-electron chi connectivity index (χ3n) is 0. The van der Waals surface area contributed by atoms with Gasteiger partial charge in [0.1, 0.15) is 0 Å². The normalized spacial score (nSPS) is 2.00. The maximum atomic E-state index is 8.39. The number of hydrogen-bond donors (Lipinski definition) is 0. The second-order valence-corrected chi connectivity index (χ2v) is 0. The fraction of sp³-hybridized carbons (Fsp3) is 0. The van der Waals surface area contributed by atoms with Gasteiger partial charge in [-0.3, -0.25) is 0 Å². The van der Waals surface area contributed by atoms with Gasteiger partial charge in [0.05, 0.1) is 0 Å². The molecule has 0 spiro atoms. The molecule has 0 aliphatic carbocycles. The molecule has 4 heavy (non-hydrogen) atoms. The monoisotopic (exact) mass is 272 g/mol. The van der Waals surface area contributed by atoms with Crippen LogP contribution in [-0.4, -0.2) is 34.9 Å². The van der Waals surface area contributed by atoms with Gasteiger partial charge in [0.2, 0.25) is 10.1 Å². The van der Waals surface area contributed by atoms with Crippen molar-refractivity contribution in [2.24, 2.45) is 0 Å². The first-order valence-corrected chi connectivity index (χ1v) is 2.66. The Kier molecular flexibility index (Phi) is 121. The first-order valence-electron chi connectivity index (χ1n) is 0.493. The minimum atomic E-state index is 0.0556. The summed E-state index contributed by atoms with van der Waals surface area (Å²) >= 11 is 0.0556. The molecule has 0 bridgehead atoms. The molecule has 0 saturated heterocycles. The van der Waals surface area contributed by atoms with Gasteiger partial charge in [0.15, 0.2) is 0 Å². The Hall–Kier alpha value is 0.700. The van der Waals surface area contributed by atoms with Crippen molar-refractivity contribution in [3.05, 3.63) is 0 Å². The minimum absolute atomic E-state index is 0.0556. The molecular weight excluding hydrogens is 269 g/mol. The summed E-state index contributed by atoms with van der Waals surface area (Å²) in [4.78, 5) is 0. The van der Waals surface area contributed by atoms with Crippen LogP contribution in [0.5, 0.6) is 0 Å². The molecule has 4 heteroatoms. The zero-order chi connectivity index (χ0) is 4.00. The molecule has 0 heterocycles. The molecule has 0 aliphatic rings. The Morgan fingerprint density at radius 2 is 1.25 bits per heavy atom. The van der Waals surface area contributed by atoms with Crippen LogP contribution in [0.25, 0.3) is 0 Å². The molecule has 2 nitrogen and oxygen atoms in total. The quantitative estimate of drug-likeness (QED) is 0.488. The van der Waals surface area contributed by atoms with E-state index in [2.05, 4.69) is 0 Å². The van der Waals surface area contributed by atoms with Gasteiger partial charge in [-0.15, -0.1) is 0 Å². The maximum absolute atomic E-state index is 8.39. The van der Waals surface area contributed by atoms with Gasteiger partial charge >= 0.3 is 27.5 Å². The first-order chi connectivity index (χ1) is 2.00. The SMILES string of the molecule is O=[SiH2].[O]=[BiH]. The van der Waals surface area contributed by atoms with Crippen molar-refractivity contribution < 1.29 is 7.27 Å². The van der Waals surface area contributed by atoms with Crippen LogP contribution in [0.2, 0.25) is 0 Å². The summed E-state index contributed by atoms with van der Waals surface area (Å²) in [5.41, 5.74) is 0. The molecule has 0 atom stereocenters. The number of rotatable bonds is 0. The molecule has 0 aliphatic heterocycles. The molecule has 24 valence electrons. The van der Waals surface area contributed by atoms with Gasteiger partial charge in [-0.1, -0.05) is 0 Å². The van der Waals surface area contributed by atoms with Crippen molar-refractivity contribution in [1.29, 1.82) is 0 Å². The molecule has 0 amide bonds. The van der Waals surface area contributed by atoms with Crippen molar-refractivity contribution in [1.82, 2.24) is 0 Å². The summed E-state index contributed by atoms with van der Waals surface area (Å²) in [5.74, 6) is 0. The van der Waals surface area contributed by atoms with Crippen molar-refractivity contribution in [3.63, 3.8) is 0 Å². The Morgan fingerprint density at radius 3 is 1.25 bits per heavy atom. The van der Waals surface area contributed by atoms with Gasteiger partial charge in [-0.25, -0.2) is 0 Å². The Balaban J connectivity index is 0. The fourth-order valence-electron chi connectivity index (χ4n) is 0. The third kappa shape index (κ3) is 15.9. The molecule has 0 rings (SSSR count). The fourth-order valence-corrected chi connectivity index (χ4v) is 0. The van der Waals surface area contributed by atoms with E-state index in [0.717, 1.165) is 0 Å². The Bertz CT molecular complexity index is 8.00. The summed E-state index contributed by atoms with van der Waals surface area (Å²) in [6.45, 7) is 0. The summed E-state index contributed by atoms with van der Waals surface area (Å²) in [5, 5.41) is 0. The second-order valence-electron chi connectivity index (χ2n) is 0. The van der Waals surface area contributed by atoms with Crippen LogP contribution in [0.1, 0.15) is 0 Å². The zero-order valence-corrected chi connectivity index (χ0v) is 7.33. The van der Waals surface area contributed by atoms with Crippen LogP contribution in [0.15, 0.2) is 0 Å². The van der Waals surface area contributed by atoms with Crippen LogP contribution < -0.4 is 0 Å². The molecule has 0 aromatic heterocycles. The Morgan fingerprint density at radius 1 is 1.25 bits per heavy atom. The van der Waals surface area contributed by atoms with E-state index in [1.165, 1.54) is 0 Å². The summed E-state index contributed by atoms with van der Waals surface area (Å²) in [6, 6.07) is 0. The van der Waals surface area contributed by atoms with Crippen molar-refractivity contribution in [2.45, 2.75) is 0 Å². The van der Waals surface area contributed by atoms with E-state index in [1.807, 2.05) is 0 Å². The van der Waals surface area contributed by atoms with E-state index in [-0.39, 0.29) is 24.7 Å². The molecule has 0 aromatic carbocycles. The Labute approximate surface area is 42.4 Å². The van der Waals surface area contributed by atoms with E-state index >= 15 is 0 Å². The van der Waals surface area contributed by atoms with Crippen molar-refractivity contribution in [3.8, 4) is 0 Å². The van der Waals surface area contributed by atoms with E-state index in [0.29, 0.717) is 10.1 Å². The van der Waals surface area contributed by atoms with Crippen LogP contribution in [-0.2, 0) is 7.27 Å². The summed E-state index contributed by atoms with van der Waals surface area (Å²) in [6.07, 6.45) is 0. The predicted octanol–water partition coefficient (Wildman–Crippen LogP) is -1.80. The molecule has 0 fully saturated rings. The average molecular weight is 272 g/mol. The zero-order valence-electron chi connectivity index (χ0n) is 2.02. The van der Waals surface area contributed by atoms with Crippen LogP contribution in [0, 0.1) is 0 Å². The van der Waals surface area contributed by atoms with Gasteiger partial charge in [-0.2, -0.15) is 0 Å². The van der Waals surface area contributed by atoms with Gasteiger partial charge in [0.25, 0.3) is 0 Å². The van der Waals surface area contributed by atoms with E-state index in [1.54, 1.807) is 0 Å². The topological polar surface area (TPSA) is 34.1 Å². The van der Waals surface area contributed by atoms with Gasteiger partial charge < -0.3 is 4.46 Å². The van der Waals surface area contributed by atoms with E-state index < -0.39 is 0 Å². The summed E-state index contributed by atoms with van der Waals surface area (Å²) < 4.78 is 16.7. The van der Waals surface area contributed by atoms with E-state index in [9.17, 15) is 0 Å². The molecular formula is H3BiO2Si. The predicted molar refractivity (Wildman–Crippen MR) is 17.1 cm³/mol. The number of hydrogen-bond acceptors (Lipinski definition) is 2.